The molecule has 0 spiro atoms. The Hall–Kier alpha value is -3.38. The molecule has 0 amide bonds. The van der Waals surface area contributed by atoms with Crippen LogP contribution in [0.2, 0.25) is 0 Å². The van der Waals surface area contributed by atoms with Crippen molar-refractivity contribution in [3.8, 4) is 17.0 Å². The minimum absolute atomic E-state index is 0.194. The zero-order valence-corrected chi connectivity index (χ0v) is 20.6. The number of halogens is 3. The van der Waals surface area contributed by atoms with Crippen molar-refractivity contribution < 1.29 is 22.6 Å². The minimum Gasteiger partial charge on any atom is -0.479 e. The number of hydrogen-bond donors (Lipinski definition) is 1. The third-order valence-corrected chi connectivity index (χ3v) is 7.29. The van der Waals surface area contributed by atoms with Crippen molar-refractivity contribution in [3.05, 3.63) is 36.0 Å². The summed E-state index contributed by atoms with van der Waals surface area (Å²) in [6, 6.07) is 5.80. The van der Waals surface area contributed by atoms with Gasteiger partial charge in [0.25, 0.3) is 6.43 Å². The summed E-state index contributed by atoms with van der Waals surface area (Å²) < 4.78 is 55.4. The quantitative estimate of drug-likeness (QED) is 0.402. The first kappa shape index (κ1) is 24.0. The highest BCUT2D eigenvalue weighted by Gasteiger charge is 2.30. The predicted octanol–water partition coefficient (Wildman–Crippen LogP) is 3.74. The van der Waals surface area contributed by atoms with Gasteiger partial charge in [-0.3, -0.25) is 4.90 Å². The molecule has 2 fully saturated rings. The largest absolute Gasteiger partial charge is 0.479 e. The van der Waals surface area contributed by atoms with Crippen LogP contribution in [0.3, 0.4) is 0 Å². The maximum Gasteiger partial charge on any atom is 0.256 e. The summed E-state index contributed by atoms with van der Waals surface area (Å²) in [5.41, 5.74) is 2.17. The van der Waals surface area contributed by atoms with E-state index in [1.165, 1.54) is 22.4 Å². The van der Waals surface area contributed by atoms with Crippen LogP contribution in [0.1, 0.15) is 18.7 Å². The van der Waals surface area contributed by atoms with Gasteiger partial charge in [-0.1, -0.05) is 6.07 Å². The predicted molar refractivity (Wildman–Crippen MR) is 132 cm³/mol. The highest BCUT2D eigenvalue weighted by molar-refractivity contribution is 5.90. The first-order valence-corrected chi connectivity index (χ1v) is 12.4. The molecule has 37 heavy (non-hydrogen) atoms. The van der Waals surface area contributed by atoms with Gasteiger partial charge >= 0.3 is 0 Å². The summed E-state index contributed by atoms with van der Waals surface area (Å²) >= 11 is 0. The number of rotatable bonds is 7. The summed E-state index contributed by atoms with van der Waals surface area (Å²) in [5.74, 6) is 0.533. The van der Waals surface area contributed by atoms with Gasteiger partial charge < -0.3 is 19.4 Å². The molecule has 9 nitrogen and oxygen atoms in total. The molecule has 0 bridgehead atoms. The summed E-state index contributed by atoms with van der Waals surface area (Å²) in [4.78, 5) is 11.3. The van der Waals surface area contributed by atoms with Crippen molar-refractivity contribution in [1.29, 1.82) is 0 Å². The first-order valence-electron chi connectivity index (χ1n) is 12.4. The fraction of sp³-hybridized carbons (Fsp3) is 0.480. The fourth-order valence-electron chi connectivity index (χ4n) is 5.29. The Morgan fingerprint density at radius 1 is 1.19 bits per heavy atom. The molecule has 5 heterocycles. The van der Waals surface area contributed by atoms with Crippen molar-refractivity contribution >= 4 is 22.5 Å². The lowest BCUT2D eigenvalue weighted by atomic mass is 10.0. The molecule has 1 aromatic carbocycles. The molecule has 0 saturated carbocycles. The van der Waals surface area contributed by atoms with E-state index in [-0.39, 0.29) is 17.5 Å². The molecule has 0 atom stereocenters. The van der Waals surface area contributed by atoms with Crippen molar-refractivity contribution in [2.75, 3.05) is 38.7 Å². The molecule has 6 rings (SSSR count). The average molecular weight is 516 g/mol. The number of benzene rings is 1. The number of anilines is 1. The highest BCUT2D eigenvalue weighted by atomic mass is 19.3. The first-order chi connectivity index (χ1) is 17.9. The van der Waals surface area contributed by atoms with E-state index < -0.39 is 18.8 Å². The maximum absolute atomic E-state index is 15.3. The smallest absolute Gasteiger partial charge is 0.256 e. The van der Waals surface area contributed by atoms with E-state index >= 15 is 4.39 Å². The van der Waals surface area contributed by atoms with E-state index in [9.17, 15) is 8.78 Å². The minimum atomic E-state index is -2.54. The summed E-state index contributed by atoms with van der Waals surface area (Å²) in [5, 5.41) is 7.89. The van der Waals surface area contributed by atoms with Crippen molar-refractivity contribution in [2.24, 2.45) is 0 Å². The van der Waals surface area contributed by atoms with Crippen molar-refractivity contribution in [1.82, 2.24) is 29.0 Å². The van der Waals surface area contributed by atoms with Gasteiger partial charge in [0.15, 0.2) is 5.82 Å². The van der Waals surface area contributed by atoms with Gasteiger partial charge in [0.2, 0.25) is 11.8 Å². The number of nitrogens with zero attached hydrogens (tertiary/aromatic N) is 6. The molecule has 0 aliphatic carbocycles. The topological polar surface area (TPSA) is 81.7 Å². The number of nitrogens with one attached hydrogen (secondary N) is 1. The van der Waals surface area contributed by atoms with E-state index in [1.807, 2.05) is 0 Å². The van der Waals surface area contributed by atoms with Crippen molar-refractivity contribution in [2.45, 2.75) is 44.8 Å². The molecular weight excluding hydrogens is 487 g/mol. The molecule has 3 aromatic heterocycles. The molecule has 2 aliphatic heterocycles. The molecular formula is C25H28F3N7O2. The Bertz CT molecular complexity index is 1440. The lowest BCUT2D eigenvalue weighted by molar-refractivity contribution is -0.0705. The number of ether oxygens (including phenoxy) is 2. The Morgan fingerprint density at radius 3 is 2.65 bits per heavy atom. The van der Waals surface area contributed by atoms with E-state index in [0.29, 0.717) is 39.9 Å². The number of methoxy groups -OCH3 is 1. The van der Waals surface area contributed by atoms with Crippen LogP contribution in [-0.2, 0) is 11.3 Å². The fourth-order valence-corrected chi connectivity index (χ4v) is 5.29. The normalized spacial score (nSPS) is 17.7. The molecule has 0 unspecified atom stereocenters. The second-order valence-corrected chi connectivity index (χ2v) is 9.60. The van der Waals surface area contributed by atoms with Gasteiger partial charge in [0, 0.05) is 19.1 Å². The molecule has 12 heteroatoms. The maximum atomic E-state index is 15.3. The Kier molecular flexibility index (Phi) is 6.15. The second-order valence-electron chi connectivity index (χ2n) is 9.60. The molecule has 196 valence electrons. The monoisotopic (exact) mass is 515 g/mol. The van der Waals surface area contributed by atoms with Gasteiger partial charge in [-0.15, -0.1) is 5.10 Å². The zero-order chi connectivity index (χ0) is 25.7. The Labute approximate surface area is 211 Å². The van der Waals surface area contributed by atoms with Crippen LogP contribution < -0.4 is 10.1 Å². The average Bonchev–Trinajstić information content (AvgIpc) is 3.33. The number of aryl methyl sites for hydroxylation is 1. The van der Waals surface area contributed by atoms with Crippen LogP contribution in [0.25, 0.3) is 27.7 Å². The Balaban J connectivity index is 1.32. The number of likely N-dealkylation sites (tertiary alicyclic amines) is 1. The number of aromatic nitrogens is 5. The lowest BCUT2D eigenvalue weighted by Gasteiger charge is -2.41. The molecule has 2 aliphatic rings. The third kappa shape index (κ3) is 4.37. The standard InChI is InChI=1S/C25H28F3N7O2/c1-14-29-19-4-3-15(9-20(19)34(14)11-21(27)28)22-18(26)10-35-23(22)24(36-2)31-25(32-35)30-16-5-7-33(8-6-16)17-12-37-13-17/h3-4,9-10,16-17,21H,5-8,11-13H2,1-2H3,(H,30,32). The van der Waals surface area contributed by atoms with Crippen LogP contribution in [0.5, 0.6) is 5.88 Å². The van der Waals surface area contributed by atoms with E-state index in [1.54, 1.807) is 25.1 Å². The van der Waals surface area contributed by atoms with Gasteiger partial charge in [-0.2, -0.15) is 4.98 Å². The van der Waals surface area contributed by atoms with E-state index in [4.69, 9.17) is 9.47 Å². The molecule has 0 radical (unpaired) electrons. The number of imidazole rings is 1. The Morgan fingerprint density at radius 2 is 1.97 bits per heavy atom. The third-order valence-electron chi connectivity index (χ3n) is 7.29. The second kappa shape index (κ2) is 9.49. The molecule has 2 saturated heterocycles. The summed E-state index contributed by atoms with van der Waals surface area (Å²) in [7, 11) is 1.48. The molecule has 1 N–H and O–H groups in total. The summed E-state index contributed by atoms with van der Waals surface area (Å²) in [6.07, 6.45) is 0.630. The highest BCUT2D eigenvalue weighted by Crippen LogP contribution is 2.36. The van der Waals surface area contributed by atoms with Crippen molar-refractivity contribution in [3.63, 3.8) is 0 Å². The number of hydrogen-bond acceptors (Lipinski definition) is 7. The van der Waals surface area contributed by atoms with E-state index in [0.717, 1.165) is 39.1 Å². The lowest BCUT2D eigenvalue weighted by Crippen LogP contribution is -2.53. The van der Waals surface area contributed by atoms with Gasteiger partial charge in [0.1, 0.15) is 11.3 Å². The molecule has 4 aromatic rings. The van der Waals surface area contributed by atoms with Crippen LogP contribution in [-0.4, -0.2) is 81.0 Å². The van der Waals surface area contributed by atoms with E-state index in [2.05, 4.69) is 25.3 Å². The van der Waals surface area contributed by atoms with Gasteiger partial charge in [0.05, 0.1) is 55.7 Å². The van der Waals surface area contributed by atoms with Crippen LogP contribution in [0.4, 0.5) is 19.1 Å². The SMILES string of the molecule is COc1nc(NC2CCN(C3COC3)CC2)nn2cc(F)c(-c3ccc4nc(C)n(CC(F)F)c4c3)c12. The summed E-state index contributed by atoms with van der Waals surface area (Å²) in [6.45, 7) is 4.73. The number of alkyl halides is 2. The van der Waals surface area contributed by atoms with Crippen LogP contribution >= 0.6 is 0 Å². The van der Waals surface area contributed by atoms with Gasteiger partial charge in [-0.25, -0.2) is 22.7 Å². The van der Waals surface area contributed by atoms with Crippen LogP contribution in [0, 0.1) is 12.7 Å². The number of fused-ring (bicyclic) bond motifs is 2. The van der Waals surface area contributed by atoms with Gasteiger partial charge in [-0.05, 0) is 37.5 Å². The number of piperidine rings is 1. The van der Waals surface area contributed by atoms with Crippen LogP contribution in [0.15, 0.2) is 24.4 Å². The zero-order valence-electron chi connectivity index (χ0n) is 20.6.